The Balaban J connectivity index is 1.78. The first-order valence-corrected chi connectivity index (χ1v) is 11.0. The van der Waals surface area contributed by atoms with E-state index in [4.69, 9.17) is 16.3 Å². The third-order valence-corrected chi connectivity index (χ3v) is 5.93. The van der Waals surface area contributed by atoms with Crippen LogP contribution in [0, 0.1) is 0 Å². The van der Waals surface area contributed by atoms with Gasteiger partial charge in [0.25, 0.3) is 5.91 Å². The van der Waals surface area contributed by atoms with Gasteiger partial charge in [0.1, 0.15) is 5.69 Å². The molecule has 0 aliphatic carbocycles. The number of aromatic nitrogens is 1. The molecule has 9 heteroatoms. The lowest BCUT2D eigenvalue weighted by Gasteiger charge is -2.17. The lowest BCUT2D eigenvalue weighted by Crippen LogP contribution is -2.20. The van der Waals surface area contributed by atoms with Crippen LogP contribution in [0.3, 0.4) is 0 Å². The smallest absolute Gasteiger partial charge is 0.417 e. The highest BCUT2D eigenvalue weighted by molar-refractivity contribution is 6.38. The van der Waals surface area contributed by atoms with Gasteiger partial charge in [0, 0.05) is 18.1 Å². The minimum Gasteiger partial charge on any atom is -0.461 e. The van der Waals surface area contributed by atoms with E-state index in [0.717, 1.165) is 6.07 Å². The number of nitrogens with zero attached hydrogens (tertiary/aromatic N) is 1. The molecule has 0 aliphatic heterocycles. The molecule has 1 N–H and O–H groups in total. The lowest BCUT2D eigenvalue weighted by atomic mass is 9.94. The number of hydrogen-bond acceptors (Lipinski definition) is 3. The third kappa shape index (κ3) is 4.61. The van der Waals surface area contributed by atoms with E-state index in [9.17, 15) is 22.8 Å². The highest BCUT2D eigenvalue weighted by Gasteiger charge is 2.36. The van der Waals surface area contributed by atoms with E-state index in [1.165, 1.54) is 24.3 Å². The predicted octanol–water partition coefficient (Wildman–Crippen LogP) is 6.95. The molecule has 0 saturated carbocycles. The second-order valence-corrected chi connectivity index (χ2v) is 8.10. The average Bonchev–Trinajstić information content (AvgIpc) is 3.08. The summed E-state index contributed by atoms with van der Waals surface area (Å²) in [7, 11) is 1.64. The second-order valence-electron chi connectivity index (χ2n) is 7.72. The van der Waals surface area contributed by atoms with E-state index < -0.39 is 29.2 Å². The van der Waals surface area contributed by atoms with Gasteiger partial charge in [-0.3, -0.25) is 4.79 Å². The lowest BCUT2D eigenvalue weighted by molar-refractivity contribution is -0.137. The molecule has 0 saturated heterocycles. The fourth-order valence-electron chi connectivity index (χ4n) is 3.99. The van der Waals surface area contributed by atoms with Crippen molar-refractivity contribution in [1.82, 2.24) is 4.57 Å². The summed E-state index contributed by atoms with van der Waals surface area (Å²) in [5.41, 5.74) is 0.0575. The van der Waals surface area contributed by atoms with Crippen LogP contribution in [-0.4, -0.2) is 23.1 Å². The Labute approximate surface area is 204 Å². The average molecular weight is 501 g/mol. The minimum absolute atomic E-state index is 0.123. The third-order valence-electron chi connectivity index (χ3n) is 5.55. The Bertz CT molecular complexity index is 1430. The summed E-state index contributed by atoms with van der Waals surface area (Å²) in [5, 5.41) is 3.13. The number of benzene rings is 3. The standard InChI is InChI=1S/C26H20ClF3N2O3/c1-3-35-25(34)23-22(27)18-14-16(12-13-20(18)32(23)2)31-24(33)21-17(15-8-5-4-6-9-15)10-7-11-19(21)26(28,29)30/h4-14H,3H2,1-2H3,(H,31,33). The fraction of sp³-hybridized carbons (Fsp3) is 0.154. The van der Waals surface area contributed by atoms with Gasteiger partial charge in [-0.25, -0.2) is 4.79 Å². The van der Waals surface area contributed by atoms with Gasteiger partial charge in [-0.2, -0.15) is 13.2 Å². The van der Waals surface area contributed by atoms with Gasteiger partial charge in [-0.1, -0.05) is 54.1 Å². The van der Waals surface area contributed by atoms with Crippen LogP contribution in [0.2, 0.25) is 5.02 Å². The summed E-state index contributed by atoms with van der Waals surface area (Å²) in [5.74, 6) is -1.53. The molecule has 0 bridgehead atoms. The number of anilines is 1. The number of fused-ring (bicyclic) bond motifs is 1. The summed E-state index contributed by atoms with van der Waals surface area (Å²) >= 11 is 6.43. The summed E-state index contributed by atoms with van der Waals surface area (Å²) in [6, 6.07) is 16.7. The van der Waals surface area contributed by atoms with Crippen molar-refractivity contribution < 1.29 is 27.5 Å². The molecule has 35 heavy (non-hydrogen) atoms. The van der Waals surface area contributed by atoms with Crippen molar-refractivity contribution in [2.45, 2.75) is 13.1 Å². The molecule has 1 heterocycles. The van der Waals surface area contributed by atoms with E-state index in [2.05, 4.69) is 5.32 Å². The molecule has 4 rings (SSSR count). The number of rotatable bonds is 5. The van der Waals surface area contributed by atoms with Crippen LogP contribution < -0.4 is 5.32 Å². The van der Waals surface area contributed by atoms with Gasteiger partial charge in [0.2, 0.25) is 0 Å². The van der Waals surface area contributed by atoms with Crippen molar-refractivity contribution in [3.05, 3.63) is 88.6 Å². The molecule has 0 fully saturated rings. The maximum Gasteiger partial charge on any atom is 0.417 e. The number of hydrogen-bond donors (Lipinski definition) is 1. The van der Waals surface area contributed by atoms with Crippen LogP contribution in [0.25, 0.3) is 22.0 Å². The van der Waals surface area contributed by atoms with Gasteiger partial charge in [0.05, 0.1) is 28.3 Å². The summed E-state index contributed by atoms with van der Waals surface area (Å²) in [4.78, 5) is 25.5. The summed E-state index contributed by atoms with van der Waals surface area (Å²) in [6.45, 7) is 1.84. The number of amides is 1. The summed E-state index contributed by atoms with van der Waals surface area (Å²) < 4.78 is 48.2. The molecule has 5 nitrogen and oxygen atoms in total. The quantitative estimate of drug-likeness (QED) is 0.302. The maximum atomic E-state index is 13.8. The molecule has 0 aliphatic rings. The molecule has 0 spiro atoms. The Kier molecular flexibility index (Phi) is 6.58. The zero-order chi connectivity index (χ0) is 25.3. The van der Waals surface area contributed by atoms with Crippen LogP contribution in [0.4, 0.5) is 18.9 Å². The Morgan fingerprint density at radius 1 is 1.03 bits per heavy atom. The van der Waals surface area contributed by atoms with Crippen LogP contribution in [0.1, 0.15) is 33.3 Å². The molecule has 4 aromatic rings. The number of carbonyl (C=O) groups is 2. The highest BCUT2D eigenvalue weighted by Crippen LogP contribution is 2.38. The van der Waals surface area contributed by atoms with Gasteiger partial charge in [-0.05, 0) is 42.3 Å². The van der Waals surface area contributed by atoms with Gasteiger partial charge >= 0.3 is 12.1 Å². The highest BCUT2D eigenvalue weighted by atomic mass is 35.5. The van der Waals surface area contributed by atoms with Crippen molar-refractivity contribution in [2.75, 3.05) is 11.9 Å². The first kappa shape index (κ1) is 24.3. The number of alkyl halides is 3. The second kappa shape index (κ2) is 9.46. The van der Waals surface area contributed by atoms with Crippen LogP contribution in [0.15, 0.2) is 66.7 Å². The molecule has 1 aromatic heterocycles. The van der Waals surface area contributed by atoms with Gasteiger partial charge in [0.15, 0.2) is 0 Å². The van der Waals surface area contributed by atoms with Crippen LogP contribution in [0.5, 0.6) is 0 Å². The molecule has 1 amide bonds. The molecule has 0 unspecified atom stereocenters. The molecule has 3 aromatic carbocycles. The van der Waals surface area contributed by atoms with E-state index >= 15 is 0 Å². The monoisotopic (exact) mass is 500 g/mol. The van der Waals surface area contributed by atoms with Crippen molar-refractivity contribution in [1.29, 1.82) is 0 Å². The Hall–Kier alpha value is -3.78. The Morgan fingerprint density at radius 2 is 1.74 bits per heavy atom. The Morgan fingerprint density at radius 3 is 2.40 bits per heavy atom. The number of esters is 1. The van der Waals surface area contributed by atoms with E-state index in [0.29, 0.717) is 16.5 Å². The molecular weight excluding hydrogens is 481 g/mol. The van der Waals surface area contributed by atoms with Crippen LogP contribution >= 0.6 is 11.6 Å². The largest absolute Gasteiger partial charge is 0.461 e. The number of aryl methyl sites for hydroxylation is 1. The predicted molar refractivity (Wildman–Crippen MR) is 129 cm³/mol. The normalized spacial score (nSPS) is 11.5. The number of nitrogens with one attached hydrogen (secondary N) is 1. The SMILES string of the molecule is CCOC(=O)c1c(Cl)c2cc(NC(=O)c3c(-c4ccccc4)cccc3C(F)(F)F)ccc2n1C. The van der Waals surface area contributed by atoms with E-state index in [-0.39, 0.29) is 28.6 Å². The van der Waals surface area contributed by atoms with Crippen molar-refractivity contribution >= 4 is 40.1 Å². The topological polar surface area (TPSA) is 60.3 Å². The number of carbonyl (C=O) groups excluding carboxylic acids is 2. The molecule has 180 valence electrons. The van der Waals surface area contributed by atoms with Crippen LogP contribution in [-0.2, 0) is 18.0 Å². The minimum atomic E-state index is -4.74. The number of ether oxygens (including phenoxy) is 1. The van der Waals surface area contributed by atoms with Gasteiger partial charge < -0.3 is 14.6 Å². The van der Waals surface area contributed by atoms with Crippen molar-refractivity contribution in [3.8, 4) is 11.1 Å². The molecule has 0 atom stereocenters. The maximum absolute atomic E-state index is 13.8. The zero-order valence-electron chi connectivity index (χ0n) is 18.7. The summed E-state index contributed by atoms with van der Waals surface area (Å²) in [6.07, 6.45) is -4.74. The van der Waals surface area contributed by atoms with Crippen molar-refractivity contribution in [2.24, 2.45) is 7.05 Å². The van der Waals surface area contributed by atoms with E-state index in [1.54, 1.807) is 54.9 Å². The number of halogens is 4. The van der Waals surface area contributed by atoms with Gasteiger partial charge in [-0.15, -0.1) is 0 Å². The fourth-order valence-corrected chi connectivity index (χ4v) is 4.34. The molecule has 0 radical (unpaired) electrons. The zero-order valence-corrected chi connectivity index (χ0v) is 19.5. The first-order chi connectivity index (χ1) is 16.6. The molecular formula is C26H20ClF3N2O3. The van der Waals surface area contributed by atoms with E-state index in [1.807, 2.05) is 0 Å². The first-order valence-electron chi connectivity index (χ1n) is 10.7. The van der Waals surface area contributed by atoms with Crippen molar-refractivity contribution in [3.63, 3.8) is 0 Å².